The zero-order valence-electron chi connectivity index (χ0n) is 13.3. The molecule has 0 spiro atoms. The van der Waals surface area contributed by atoms with Crippen LogP contribution in [0.15, 0.2) is 84.7 Å². The fourth-order valence-corrected chi connectivity index (χ4v) is 3.60. The van der Waals surface area contributed by atoms with Crippen molar-refractivity contribution in [1.82, 2.24) is 0 Å². The van der Waals surface area contributed by atoms with Crippen LogP contribution >= 0.6 is 11.3 Å². The van der Waals surface area contributed by atoms with E-state index < -0.39 is 0 Å². The van der Waals surface area contributed by atoms with Crippen molar-refractivity contribution in [3.05, 3.63) is 95.1 Å². The number of fused-ring (bicyclic) bond motifs is 1. The lowest BCUT2D eigenvalue weighted by molar-refractivity contribution is 0.197. The van der Waals surface area contributed by atoms with Crippen LogP contribution in [0.5, 0.6) is 0 Å². The van der Waals surface area contributed by atoms with E-state index in [0.717, 1.165) is 17.8 Å². The van der Waals surface area contributed by atoms with Crippen molar-refractivity contribution in [2.75, 3.05) is 0 Å². The maximum atomic E-state index is 5.94. The predicted octanol–water partition coefficient (Wildman–Crippen LogP) is 6.12. The summed E-state index contributed by atoms with van der Waals surface area (Å²) in [6.45, 7) is 6.57. The van der Waals surface area contributed by atoms with Crippen molar-refractivity contribution < 1.29 is 4.74 Å². The number of thiophene rings is 1. The van der Waals surface area contributed by atoms with Gasteiger partial charge >= 0.3 is 0 Å². The molecular weight excluding hydrogens is 300 g/mol. The molecule has 1 heterocycles. The molecule has 23 heavy (non-hydrogen) atoms. The molecule has 0 bridgehead atoms. The van der Waals surface area contributed by atoms with Crippen molar-refractivity contribution in [3.63, 3.8) is 0 Å². The third-order valence-corrected chi connectivity index (χ3v) is 4.95. The van der Waals surface area contributed by atoms with E-state index in [0.29, 0.717) is 6.61 Å². The molecule has 0 aliphatic carbocycles. The summed E-state index contributed by atoms with van der Waals surface area (Å²) in [5.74, 6) is 0.946. The molecular formula is C21H20OS. The van der Waals surface area contributed by atoms with E-state index >= 15 is 0 Å². The molecule has 0 saturated heterocycles. The number of hydrogen-bond donors (Lipinski definition) is 0. The lowest BCUT2D eigenvalue weighted by Gasteiger charge is -2.10. The molecule has 2 heteroatoms. The fourth-order valence-electron chi connectivity index (χ4n) is 2.51. The lowest BCUT2D eigenvalue weighted by atomic mass is 10.1. The molecule has 0 aliphatic heterocycles. The smallest absolute Gasteiger partial charge is 0.113 e. The molecule has 0 radical (unpaired) electrons. The van der Waals surface area contributed by atoms with Crippen molar-refractivity contribution in [2.45, 2.75) is 20.0 Å². The maximum absolute atomic E-state index is 5.94. The second-order valence-corrected chi connectivity index (χ2v) is 6.66. The first-order valence-electron chi connectivity index (χ1n) is 7.72. The van der Waals surface area contributed by atoms with E-state index in [1.165, 1.54) is 20.5 Å². The van der Waals surface area contributed by atoms with E-state index in [1.807, 2.05) is 42.5 Å². The summed E-state index contributed by atoms with van der Waals surface area (Å²) in [6, 6.07) is 21.0. The Balaban J connectivity index is 1.73. The average molecular weight is 320 g/mol. The van der Waals surface area contributed by atoms with Crippen LogP contribution in [0, 0.1) is 0 Å². The molecule has 0 atom stereocenters. The number of allylic oxidation sites excluding steroid dienone is 3. The monoisotopic (exact) mass is 320 g/mol. The second-order valence-electron chi connectivity index (χ2n) is 5.49. The highest BCUT2D eigenvalue weighted by atomic mass is 32.1. The maximum Gasteiger partial charge on any atom is 0.113 e. The first-order chi connectivity index (χ1) is 11.3. The van der Waals surface area contributed by atoms with Gasteiger partial charge in [0, 0.05) is 16.0 Å². The summed E-state index contributed by atoms with van der Waals surface area (Å²) in [5.41, 5.74) is 2.32. The highest BCUT2D eigenvalue weighted by Crippen LogP contribution is 2.28. The summed E-state index contributed by atoms with van der Waals surface area (Å²) < 4.78 is 7.27. The van der Waals surface area contributed by atoms with E-state index in [-0.39, 0.29) is 0 Å². The van der Waals surface area contributed by atoms with Gasteiger partial charge in [0.15, 0.2) is 0 Å². The number of benzene rings is 2. The van der Waals surface area contributed by atoms with Crippen LogP contribution < -0.4 is 0 Å². The molecule has 116 valence electrons. The van der Waals surface area contributed by atoms with Gasteiger partial charge in [0.1, 0.15) is 6.61 Å². The van der Waals surface area contributed by atoms with E-state index in [4.69, 9.17) is 4.74 Å². The molecule has 0 fully saturated rings. The van der Waals surface area contributed by atoms with Crippen molar-refractivity contribution in [3.8, 4) is 0 Å². The average Bonchev–Trinajstić information content (AvgIpc) is 3.01. The third kappa shape index (κ3) is 3.91. The van der Waals surface area contributed by atoms with Crippen molar-refractivity contribution in [1.29, 1.82) is 0 Å². The van der Waals surface area contributed by atoms with Gasteiger partial charge in [-0.1, -0.05) is 61.2 Å². The highest BCUT2D eigenvalue weighted by Gasteiger charge is 2.06. The molecule has 0 saturated carbocycles. The van der Waals surface area contributed by atoms with Gasteiger partial charge in [0.2, 0.25) is 0 Å². The topological polar surface area (TPSA) is 9.23 Å². The normalized spacial score (nSPS) is 12.0. The second kappa shape index (κ2) is 7.30. The van der Waals surface area contributed by atoms with Crippen LogP contribution in [0.1, 0.15) is 17.4 Å². The Labute approximate surface area is 141 Å². The van der Waals surface area contributed by atoms with Gasteiger partial charge in [0.05, 0.1) is 5.76 Å². The molecule has 0 N–H and O–H groups in total. The molecule has 0 amide bonds. The molecule has 0 unspecified atom stereocenters. The van der Waals surface area contributed by atoms with Gasteiger partial charge in [-0.05, 0) is 35.6 Å². The minimum Gasteiger partial charge on any atom is -0.493 e. The summed E-state index contributed by atoms with van der Waals surface area (Å²) >= 11 is 1.84. The Morgan fingerprint density at radius 3 is 2.57 bits per heavy atom. The molecule has 0 aliphatic rings. The molecule has 2 aromatic carbocycles. The first-order valence-corrected chi connectivity index (χ1v) is 8.54. The lowest BCUT2D eigenvalue weighted by Crippen LogP contribution is -1.96. The number of ether oxygens (including phenoxy) is 1. The van der Waals surface area contributed by atoms with Crippen molar-refractivity contribution >= 4 is 21.4 Å². The zero-order chi connectivity index (χ0) is 16.1. The Kier molecular flexibility index (Phi) is 4.94. The quantitative estimate of drug-likeness (QED) is 0.392. The Morgan fingerprint density at radius 2 is 1.83 bits per heavy atom. The minimum atomic E-state index is 0.594. The van der Waals surface area contributed by atoms with E-state index in [1.54, 1.807) is 0 Å². The summed E-state index contributed by atoms with van der Waals surface area (Å²) in [4.78, 5) is 1.34. The highest BCUT2D eigenvalue weighted by molar-refractivity contribution is 7.19. The van der Waals surface area contributed by atoms with Crippen LogP contribution in [-0.4, -0.2) is 0 Å². The standard InChI is InChI=1S/C21H20OS/c1-3-18(16(2)22-15-17-9-5-4-6-10-17)13-20-14-19-11-7-8-12-21(19)23-20/h3-12,14H,1,13,15H2,2H3/b18-16+. The molecule has 1 nitrogen and oxygen atoms in total. The Hall–Kier alpha value is -2.32. The summed E-state index contributed by atoms with van der Waals surface area (Å²) in [5, 5.41) is 1.30. The van der Waals surface area contributed by atoms with Gasteiger partial charge in [0.25, 0.3) is 0 Å². The predicted molar refractivity (Wildman–Crippen MR) is 99.7 cm³/mol. The molecule has 1 aromatic heterocycles. The summed E-state index contributed by atoms with van der Waals surface area (Å²) in [6.07, 6.45) is 2.77. The van der Waals surface area contributed by atoms with Crippen LogP contribution in [0.25, 0.3) is 10.1 Å². The number of rotatable bonds is 6. The Bertz CT molecular complexity index is 794. The SMILES string of the molecule is C=C/C(Cc1cc2ccccc2s1)=C(/C)OCc1ccccc1. The zero-order valence-corrected chi connectivity index (χ0v) is 14.1. The van der Waals surface area contributed by atoms with Crippen LogP contribution in [0.4, 0.5) is 0 Å². The van der Waals surface area contributed by atoms with Gasteiger partial charge in [-0.15, -0.1) is 11.3 Å². The van der Waals surface area contributed by atoms with Gasteiger partial charge in [-0.2, -0.15) is 0 Å². The third-order valence-electron chi connectivity index (χ3n) is 3.84. The fraction of sp³-hybridized carbons (Fsp3) is 0.143. The van der Waals surface area contributed by atoms with Crippen LogP contribution in [-0.2, 0) is 17.8 Å². The van der Waals surface area contributed by atoms with E-state index in [9.17, 15) is 0 Å². The molecule has 3 aromatic rings. The van der Waals surface area contributed by atoms with Crippen LogP contribution in [0.2, 0.25) is 0 Å². The summed E-state index contributed by atoms with van der Waals surface area (Å²) in [7, 11) is 0. The van der Waals surface area contributed by atoms with Gasteiger partial charge in [-0.3, -0.25) is 0 Å². The van der Waals surface area contributed by atoms with Crippen molar-refractivity contribution in [2.24, 2.45) is 0 Å². The first kappa shape index (κ1) is 15.6. The van der Waals surface area contributed by atoms with Gasteiger partial charge < -0.3 is 4.74 Å². The van der Waals surface area contributed by atoms with Crippen LogP contribution in [0.3, 0.4) is 0 Å². The Morgan fingerprint density at radius 1 is 1.09 bits per heavy atom. The number of hydrogen-bond acceptors (Lipinski definition) is 2. The van der Waals surface area contributed by atoms with E-state index in [2.05, 4.69) is 49.0 Å². The van der Waals surface area contributed by atoms with Gasteiger partial charge in [-0.25, -0.2) is 0 Å². The largest absolute Gasteiger partial charge is 0.493 e. The minimum absolute atomic E-state index is 0.594. The molecule has 3 rings (SSSR count).